The number of amides is 1. The number of ether oxygens (including phenoxy) is 2. The summed E-state index contributed by atoms with van der Waals surface area (Å²) >= 11 is 0.889. The van der Waals surface area contributed by atoms with E-state index in [2.05, 4.69) is 5.32 Å². The third-order valence-corrected chi connectivity index (χ3v) is 4.69. The normalized spacial score (nSPS) is 10.6. The third kappa shape index (κ3) is 4.71. The molecule has 0 saturated heterocycles. The maximum atomic E-state index is 13.9. The van der Waals surface area contributed by atoms with Gasteiger partial charge >= 0.3 is 11.9 Å². The summed E-state index contributed by atoms with van der Waals surface area (Å²) in [4.78, 5) is 37.2. The van der Waals surface area contributed by atoms with Gasteiger partial charge in [-0.15, -0.1) is 11.3 Å². The van der Waals surface area contributed by atoms with Crippen LogP contribution >= 0.6 is 11.3 Å². The molecule has 27 heavy (non-hydrogen) atoms. The van der Waals surface area contributed by atoms with Crippen LogP contribution in [0.5, 0.6) is 0 Å². The number of nitrogens with one attached hydrogen (secondary N) is 1. The topological polar surface area (TPSA) is 81.7 Å². The van der Waals surface area contributed by atoms with Gasteiger partial charge in [-0.3, -0.25) is 4.79 Å². The smallest absolute Gasteiger partial charge is 0.348 e. The van der Waals surface area contributed by atoms with Crippen molar-refractivity contribution in [1.29, 1.82) is 0 Å². The van der Waals surface area contributed by atoms with Crippen LogP contribution in [-0.4, -0.2) is 30.6 Å². The minimum atomic E-state index is -0.733. The van der Waals surface area contributed by atoms with E-state index in [0.29, 0.717) is 5.56 Å². The summed E-state index contributed by atoms with van der Waals surface area (Å²) in [6.07, 6.45) is -0.346. The molecule has 0 aliphatic heterocycles. The summed E-state index contributed by atoms with van der Waals surface area (Å²) in [7, 11) is 0. The Balaban J connectivity index is 2.44. The summed E-state index contributed by atoms with van der Waals surface area (Å²) in [5.41, 5.74) is 0.222. The number of carbonyl (C=O) groups excluding carboxylic acids is 3. The van der Waals surface area contributed by atoms with E-state index in [-0.39, 0.29) is 33.7 Å². The Labute approximate surface area is 160 Å². The number of carbonyl (C=O) groups is 3. The second-order valence-corrected chi connectivity index (χ2v) is 6.89. The molecule has 1 amide bonds. The standard InChI is InChI=1S/C19H20FNO5S/c1-5-25-18(23)14-11(4)15(19(24)26-10(2)3)27-17(14)21-16(22)12-8-6-7-9-13(12)20/h6-10H,5H2,1-4H3,(H,21,22). The van der Waals surface area contributed by atoms with Gasteiger partial charge in [0.05, 0.1) is 23.8 Å². The molecule has 2 aromatic rings. The molecular formula is C19H20FNO5S. The molecule has 0 saturated carbocycles. The van der Waals surface area contributed by atoms with Crippen molar-refractivity contribution in [3.05, 3.63) is 51.7 Å². The fourth-order valence-corrected chi connectivity index (χ4v) is 3.40. The average Bonchev–Trinajstić information content (AvgIpc) is 2.91. The van der Waals surface area contributed by atoms with Crippen LogP contribution < -0.4 is 5.32 Å². The molecule has 0 unspecified atom stereocenters. The van der Waals surface area contributed by atoms with Crippen molar-refractivity contribution in [3.63, 3.8) is 0 Å². The van der Waals surface area contributed by atoms with Crippen LogP contribution in [0.3, 0.4) is 0 Å². The van der Waals surface area contributed by atoms with E-state index in [1.807, 2.05) is 0 Å². The van der Waals surface area contributed by atoms with E-state index in [1.165, 1.54) is 18.2 Å². The third-order valence-electron chi connectivity index (χ3n) is 3.50. The zero-order valence-corrected chi connectivity index (χ0v) is 16.2. The zero-order valence-electron chi connectivity index (χ0n) is 15.4. The van der Waals surface area contributed by atoms with E-state index < -0.39 is 23.7 Å². The number of rotatable bonds is 6. The predicted octanol–water partition coefficient (Wildman–Crippen LogP) is 4.19. The molecule has 0 aliphatic rings. The fourth-order valence-electron chi connectivity index (χ4n) is 2.33. The molecule has 2 rings (SSSR count). The quantitative estimate of drug-likeness (QED) is 0.744. The van der Waals surface area contributed by atoms with E-state index in [1.54, 1.807) is 27.7 Å². The van der Waals surface area contributed by atoms with Crippen LogP contribution in [0.1, 0.15) is 56.7 Å². The lowest BCUT2D eigenvalue weighted by Crippen LogP contribution is -2.16. The number of anilines is 1. The van der Waals surface area contributed by atoms with Gasteiger partial charge in [0.15, 0.2) is 0 Å². The van der Waals surface area contributed by atoms with Gasteiger partial charge in [-0.1, -0.05) is 12.1 Å². The summed E-state index contributed by atoms with van der Waals surface area (Å²) in [6, 6.07) is 5.47. The number of thiophene rings is 1. The first-order chi connectivity index (χ1) is 12.8. The highest BCUT2D eigenvalue weighted by Crippen LogP contribution is 2.35. The average molecular weight is 393 g/mol. The Kier molecular flexibility index (Phi) is 6.68. The summed E-state index contributed by atoms with van der Waals surface area (Å²) < 4.78 is 24.1. The molecule has 0 fully saturated rings. The molecule has 0 atom stereocenters. The van der Waals surface area contributed by atoms with Gasteiger partial charge in [-0.05, 0) is 45.4 Å². The van der Waals surface area contributed by atoms with Gasteiger partial charge in [0, 0.05) is 0 Å². The Morgan fingerprint density at radius 3 is 2.44 bits per heavy atom. The number of hydrogen-bond donors (Lipinski definition) is 1. The summed E-state index contributed by atoms with van der Waals surface area (Å²) in [5, 5.41) is 2.61. The van der Waals surface area contributed by atoms with E-state index in [0.717, 1.165) is 17.4 Å². The van der Waals surface area contributed by atoms with Gasteiger partial charge in [0.2, 0.25) is 0 Å². The van der Waals surface area contributed by atoms with Crippen LogP contribution in [0.15, 0.2) is 24.3 Å². The maximum Gasteiger partial charge on any atom is 0.348 e. The molecular weight excluding hydrogens is 373 g/mol. The first-order valence-electron chi connectivity index (χ1n) is 8.33. The molecule has 144 valence electrons. The lowest BCUT2D eigenvalue weighted by atomic mass is 10.1. The van der Waals surface area contributed by atoms with Crippen molar-refractivity contribution < 1.29 is 28.2 Å². The molecule has 8 heteroatoms. The van der Waals surface area contributed by atoms with Gasteiger partial charge in [0.1, 0.15) is 15.7 Å². The van der Waals surface area contributed by atoms with Crippen molar-refractivity contribution in [3.8, 4) is 0 Å². The van der Waals surface area contributed by atoms with Crippen LogP contribution in [0.4, 0.5) is 9.39 Å². The zero-order chi connectivity index (χ0) is 20.1. The second-order valence-electron chi connectivity index (χ2n) is 5.87. The maximum absolute atomic E-state index is 13.9. The highest BCUT2D eigenvalue weighted by molar-refractivity contribution is 7.18. The molecule has 0 aliphatic carbocycles. The number of halogens is 1. The molecule has 1 aromatic carbocycles. The lowest BCUT2D eigenvalue weighted by Gasteiger charge is -2.08. The van der Waals surface area contributed by atoms with Gasteiger partial charge < -0.3 is 14.8 Å². The van der Waals surface area contributed by atoms with E-state index >= 15 is 0 Å². The summed E-state index contributed by atoms with van der Waals surface area (Å²) in [5.74, 6) is -2.72. The van der Waals surface area contributed by atoms with E-state index in [9.17, 15) is 18.8 Å². The van der Waals surface area contributed by atoms with E-state index in [4.69, 9.17) is 9.47 Å². The Hall–Kier alpha value is -2.74. The fraction of sp³-hybridized carbons (Fsp3) is 0.316. The minimum absolute atomic E-state index is 0.0576. The highest BCUT2D eigenvalue weighted by atomic mass is 32.1. The van der Waals surface area contributed by atoms with Gasteiger partial charge in [0.25, 0.3) is 5.91 Å². The molecule has 0 bridgehead atoms. The van der Waals surface area contributed by atoms with Crippen LogP contribution in [0.2, 0.25) is 0 Å². The first kappa shape index (κ1) is 20.6. The van der Waals surface area contributed by atoms with Crippen molar-refractivity contribution in [2.75, 3.05) is 11.9 Å². The van der Waals surface area contributed by atoms with Gasteiger partial charge in [-0.25, -0.2) is 14.0 Å². The number of benzene rings is 1. The molecule has 1 heterocycles. The second kappa shape index (κ2) is 8.77. The van der Waals surface area contributed by atoms with Crippen LogP contribution in [0.25, 0.3) is 0 Å². The van der Waals surface area contributed by atoms with Crippen molar-refractivity contribution >= 4 is 34.2 Å². The highest BCUT2D eigenvalue weighted by Gasteiger charge is 2.28. The minimum Gasteiger partial charge on any atom is -0.462 e. The van der Waals surface area contributed by atoms with Crippen LogP contribution in [0, 0.1) is 12.7 Å². The van der Waals surface area contributed by atoms with Crippen molar-refractivity contribution in [2.24, 2.45) is 0 Å². The van der Waals surface area contributed by atoms with Gasteiger partial charge in [-0.2, -0.15) is 0 Å². The lowest BCUT2D eigenvalue weighted by molar-refractivity contribution is 0.0383. The number of esters is 2. The molecule has 1 N–H and O–H groups in total. The SMILES string of the molecule is CCOC(=O)c1c(NC(=O)c2ccccc2F)sc(C(=O)OC(C)C)c1C. The molecule has 0 spiro atoms. The van der Waals surface area contributed by atoms with Crippen molar-refractivity contribution in [2.45, 2.75) is 33.8 Å². The molecule has 1 aromatic heterocycles. The number of hydrogen-bond acceptors (Lipinski definition) is 6. The largest absolute Gasteiger partial charge is 0.462 e. The first-order valence-corrected chi connectivity index (χ1v) is 9.15. The molecule has 0 radical (unpaired) electrons. The monoisotopic (exact) mass is 393 g/mol. The summed E-state index contributed by atoms with van der Waals surface area (Å²) in [6.45, 7) is 6.74. The van der Waals surface area contributed by atoms with Crippen molar-refractivity contribution in [1.82, 2.24) is 0 Å². The Bertz CT molecular complexity index is 875. The predicted molar refractivity (Wildman–Crippen MR) is 99.9 cm³/mol. The Morgan fingerprint density at radius 2 is 1.85 bits per heavy atom. The van der Waals surface area contributed by atoms with Crippen LogP contribution in [-0.2, 0) is 9.47 Å². The Morgan fingerprint density at radius 1 is 1.19 bits per heavy atom. The molecule has 6 nitrogen and oxygen atoms in total.